The molecule has 0 radical (unpaired) electrons. The standard InChI is InChI=1S/C20H26N8O7S/c1-19(2,3)34-18(33)26-17-24-11(7-36-17)13(27-35-20(4,5)16(31)32)15(30)25-12-10(23-14(12)29)6-28-8-21-22-9-28/h7-10,12H,6H2,1-5H3,(H,23,29)(H,25,30)(H,31,32)(H,24,26,33)/t10-,12+/m1/s1. The lowest BCUT2D eigenvalue weighted by Gasteiger charge is -2.37. The van der Waals surface area contributed by atoms with Crippen LogP contribution in [-0.4, -0.2) is 77.7 Å². The average Bonchev–Trinajstić information content (AvgIpc) is 3.43. The van der Waals surface area contributed by atoms with Crippen molar-refractivity contribution in [1.82, 2.24) is 30.4 Å². The number of carboxylic acid groups (broad SMARTS) is 1. The summed E-state index contributed by atoms with van der Waals surface area (Å²) < 4.78 is 6.81. The second-order valence-corrected chi connectivity index (χ2v) is 10.1. The minimum absolute atomic E-state index is 0.0140. The number of anilines is 1. The Morgan fingerprint density at radius 1 is 1.22 bits per heavy atom. The Kier molecular flexibility index (Phi) is 7.57. The number of hydrogen-bond donors (Lipinski definition) is 4. The number of β-lactam (4-membered cyclic amide) rings is 1. The summed E-state index contributed by atoms with van der Waals surface area (Å²) in [6.45, 7) is 7.90. The Morgan fingerprint density at radius 3 is 2.47 bits per heavy atom. The largest absolute Gasteiger partial charge is 0.478 e. The van der Waals surface area contributed by atoms with Gasteiger partial charge in [0.15, 0.2) is 10.8 Å². The molecule has 2 atom stereocenters. The second-order valence-electron chi connectivity index (χ2n) is 9.24. The van der Waals surface area contributed by atoms with Gasteiger partial charge in [-0.2, -0.15) is 0 Å². The molecule has 2 aromatic heterocycles. The Hall–Kier alpha value is -4.08. The Labute approximate surface area is 209 Å². The molecule has 15 nitrogen and oxygen atoms in total. The summed E-state index contributed by atoms with van der Waals surface area (Å²) in [5, 5.41) is 29.6. The summed E-state index contributed by atoms with van der Waals surface area (Å²) in [4.78, 5) is 58.0. The number of nitrogens with one attached hydrogen (secondary N) is 3. The zero-order valence-corrected chi connectivity index (χ0v) is 21.0. The van der Waals surface area contributed by atoms with Crippen LogP contribution >= 0.6 is 11.3 Å². The van der Waals surface area contributed by atoms with Crippen LogP contribution in [0.25, 0.3) is 0 Å². The second kappa shape index (κ2) is 10.3. The fourth-order valence-corrected chi connectivity index (χ4v) is 3.43. The van der Waals surface area contributed by atoms with Crippen molar-refractivity contribution in [3.63, 3.8) is 0 Å². The maximum atomic E-state index is 13.1. The van der Waals surface area contributed by atoms with Crippen LogP contribution in [0.1, 0.15) is 40.3 Å². The summed E-state index contributed by atoms with van der Waals surface area (Å²) in [5.74, 6) is -2.57. The third-order valence-electron chi connectivity index (χ3n) is 4.62. The first-order chi connectivity index (χ1) is 16.7. The lowest BCUT2D eigenvalue weighted by Crippen LogP contribution is -2.70. The van der Waals surface area contributed by atoms with E-state index in [0.29, 0.717) is 6.54 Å². The van der Waals surface area contributed by atoms with Crippen molar-refractivity contribution in [3.05, 3.63) is 23.7 Å². The molecular weight excluding hydrogens is 496 g/mol. The van der Waals surface area contributed by atoms with E-state index in [2.05, 4.69) is 36.3 Å². The molecule has 3 amide bonds. The molecule has 1 aliphatic rings. The maximum Gasteiger partial charge on any atom is 0.413 e. The van der Waals surface area contributed by atoms with Gasteiger partial charge in [0, 0.05) is 11.9 Å². The maximum absolute atomic E-state index is 13.1. The SMILES string of the molecule is CC(C)(C)OC(=O)Nc1nc(C(=NOC(C)(C)C(=O)O)C(=O)N[C@@H]2C(=O)N[C@@H]2Cn2cnnc2)cs1. The molecule has 1 aliphatic heterocycles. The molecular formula is C20H26N8O7S. The van der Waals surface area contributed by atoms with Gasteiger partial charge in [-0.05, 0) is 34.6 Å². The van der Waals surface area contributed by atoms with Gasteiger partial charge in [0.2, 0.25) is 11.5 Å². The van der Waals surface area contributed by atoms with Gasteiger partial charge >= 0.3 is 12.1 Å². The highest BCUT2D eigenvalue weighted by Gasteiger charge is 2.41. The van der Waals surface area contributed by atoms with Crippen molar-refractivity contribution >= 4 is 46.1 Å². The average molecular weight is 523 g/mol. The van der Waals surface area contributed by atoms with Gasteiger partial charge in [0.05, 0.1) is 6.04 Å². The van der Waals surface area contributed by atoms with Crippen molar-refractivity contribution in [3.8, 4) is 0 Å². The number of oxime groups is 1. The summed E-state index contributed by atoms with van der Waals surface area (Å²) in [6, 6.07) is -1.36. The summed E-state index contributed by atoms with van der Waals surface area (Å²) in [5.41, 5.74) is -2.90. The number of hydrogen-bond acceptors (Lipinski definition) is 11. The van der Waals surface area contributed by atoms with E-state index in [9.17, 15) is 24.3 Å². The van der Waals surface area contributed by atoms with E-state index in [4.69, 9.17) is 9.57 Å². The van der Waals surface area contributed by atoms with Gasteiger partial charge in [0.1, 0.15) is 30.0 Å². The van der Waals surface area contributed by atoms with Crippen LogP contribution in [0.5, 0.6) is 0 Å². The van der Waals surface area contributed by atoms with Crippen LogP contribution in [-0.2, 0) is 30.5 Å². The molecule has 0 aliphatic carbocycles. The number of aromatic nitrogens is 4. The monoisotopic (exact) mass is 522 g/mol. The Bertz CT molecular complexity index is 1170. The minimum Gasteiger partial charge on any atom is -0.478 e. The van der Waals surface area contributed by atoms with E-state index in [1.807, 2.05) is 0 Å². The number of ether oxygens (including phenoxy) is 1. The number of rotatable bonds is 9. The Morgan fingerprint density at radius 2 is 1.89 bits per heavy atom. The van der Waals surface area contributed by atoms with Crippen molar-refractivity contribution in [2.24, 2.45) is 5.16 Å². The lowest BCUT2D eigenvalue weighted by molar-refractivity contribution is -0.161. The zero-order chi connectivity index (χ0) is 26.7. The van der Waals surface area contributed by atoms with Crippen molar-refractivity contribution in [2.45, 2.75) is 64.4 Å². The predicted molar refractivity (Wildman–Crippen MR) is 125 cm³/mol. The zero-order valence-electron chi connectivity index (χ0n) is 20.1. The van der Waals surface area contributed by atoms with Gasteiger partial charge in [-0.15, -0.1) is 21.5 Å². The first-order valence-electron chi connectivity index (χ1n) is 10.6. The molecule has 3 heterocycles. The highest BCUT2D eigenvalue weighted by Crippen LogP contribution is 2.20. The molecule has 0 aromatic carbocycles. The third-order valence-corrected chi connectivity index (χ3v) is 5.38. The van der Waals surface area contributed by atoms with Gasteiger partial charge in [0.25, 0.3) is 5.91 Å². The van der Waals surface area contributed by atoms with Gasteiger partial charge in [-0.25, -0.2) is 14.6 Å². The van der Waals surface area contributed by atoms with Crippen LogP contribution < -0.4 is 16.0 Å². The summed E-state index contributed by atoms with van der Waals surface area (Å²) in [6.07, 6.45) is 2.18. The smallest absolute Gasteiger partial charge is 0.413 e. The molecule has 3 rings (SSSR count). The number of nitrogens with zero attached hydrogens (tertiary/aromatic N) is 5. The Balaban J connectivity index is 1.79. The van der Waals surface area contributed by atoms with Crippen LogP contribution in [0, 0.1) is 0 Å². The van der Waals surface area contributed by atoms with E-state index >= 15 is 0 Å². The van der Waals surface area contributed by atoms with Crippen LogP contribution in [0.2, 0.25) is 0 Å². The molecule has 0 spiro atoms. The molecule has 36 heavy (non-hydrogen) atoms. The fourth-order valence-electron chi connectivity index (χ4n) is 2.75. The number of aliphatic carboxylic acids is 1. The summed E-state index contributed by atoms with van der Waals surface area (Å²) in [7, 11) is 0. The van der Waals surface area contributed by atoms with Crippen LogP contribution in [0.3, 0.4) is 0 Å². The molecule has 0 saturated carbocycles. The van der Waals surface area contributed by atoms with Crippen LogP contribution in [0.4, 0.5) is 9.93 Å². The van der Waals surface area contributed by atoms with Crippen LogP contribution in [0.15, 0.2) is 23.2 Å². The van der Waals surface area contributed by atoms with Crippen molar-refractivity contribution < 1.29 is 33.9 Å². The van der Waals surface area contributed by atoms with Crippen molar-refractivity contribution in [1.29, 1.82) is 0 Å². The molecule has 1 saturated heterocycles. The molecule has 1 fully saturated rings. The molecule has 4 N–H and O–H groups in total. The third kappa shape index (κ3) is 6.74. The molecule has 194 valence electrons. The quantitative estimate of drug-likeness (QED) is 0.202. The van der Waals surface area contributed by atoms with Gasteiger partial charge in [-0.1, -0.05) is 5.16 Å². The van der Waals surface area contributed by atoms with Crippen molar-refractivity contribution in [2.75, 3.05) is 5.32 Å². The highest BCUT2D eigenvalue weighted by atomic mass is 32.1. The van der Waals surface area contributed by atoms with E-state index in [0.717, 1.165) is 11.3 Å². The van der Waals surface area contributed by atoms with Gasteiger partial charge in [-0.3, -0.25) is 14.9 Å². The first-order valence-corrected chi connectivity index (χ1v) is 11.5. The first kappa shape index (κ1) is 26.5. The fraction of sp³-hybridized carbons (Fsp3) is 0.500. The molecule has 0 unspecified atom stereocenters. The number of carboxylic acids is 1. The lowest BCUT2D eigenvalue weighted by atomic mass is 9.98. The highest BCUT2D eigenvalue weighted by molar-refractivity contribution is 7.14. The topological polar surface area (TPSA) is 199 Å². The van der Waals surface area contributed by atoms with E-state index in [1.54, 1.807) is 25.3 Å². The number of carbonyl (C=O) groups excluding carboxylic acids is 3. The normalized spacial score (nSPS) is 18.0. The van der Waals surface area contributed by atoms with E-state index in [1.165, 1.54) is 31.9 Å². The molecule has 16 heteroatoms. The number of amides is 3. The van der Waals surface area contributed by atoms with E-state index < -0.39 is 47.2 Å². The molecule has 0 bridgehead atoms. The van der Waals surface area contributed by atoms with Gasteiger partial charge < -0.3 is 29.9 Å². The number of carbonyl (C=O) groups is 4. The molecule has 2 aromatic rings. The number of thiazole rings is 1. The predicted octanol–water partition coefficient (Wildman–Crippen LogP) is 0.349. The van der Waals surface area contributed by atoms with E-state index in [-0.39, 0.29) is 16.5 Å². The minimum atomic E-state index is -1.76. The summed E-state index contributed by atoms with van der Waals surface area (Å²) >= 11 is 0.979.